The number of amides is 8. The summed E-state index contributed by atoms with van der Waals surface area (Å²) in [6.45, 7) is 9.41. The molecule has 0 saturated carbocycles. The van der Waals surface area contributed by atoms with Crippen molar-refractivity contribution in [2.75, 3.05) is 25.5 Å². The number of aromatic hydroxyl groups is 3. The number of phenols is 3. The number of benzene rings is 8. The highest BCUT2D eigenvalue weighted by molar-refractivity contribution is 6.32. The van der Waals surface area contributed by atoms with Crippen molar-refractivity contribution in [3.63, 3.8) is 0 Å². The van der Waals surface area contributed by atoms with Gasteiger partial charge < -0.3 is 168 Å². The number of halogens is 2. The smallest absolute Gasteiger partial charge is 0.255 e. The molecule has 8 aliphatic rings. The Balaban J connectivity index is 0.00000788. The van der Waals surface area contributed by atoms with Crippen molar-refractivity contribution in [1.82, 2.24) is 42.5 Å². The normalized spacial score (nSPS) is 28.0. The van der Waals surface area contributed by atoms with Gasteiger partial charge in [-0.2, -0.15) is 0 Å². The van der Waals surface area contributed by atoms with E-state index in [2.05, 4.69) is 47.9 Å². The number of carbonyl (C=O) groups is 9. The number of phenolic OH excluding ortho intramolecular Hbond substituents is 3. The zero-order valence-corrected chi connectivity index (χ0v) is 76.0. The number of aliphatic hydroxyl groups is 9. The summed E-state index contributed by atoms with van der Waals surface area (Å²) in [5.41, 5.74) is 11.6. The van der Waals surface area contributed by atoms with Crippen LogP contribution in [0.5, 0.6) is 51.7 Å². The number of fused-ring (bicyclic) bond motifs is 15. The molecule has 25 N–H and O–H groups in total. The molecule has 0 aromatic heterocycles. The summed E-state index contributed by atoms with van der Waals surface area (Å²) in [4.78, 5) is 128. The van der Waals surface area contributed by atoms with Crippen LogP contribution in [0.4, 0.5) is 5.69 Å². The van der Waals surface area contributed by atoms with Gasteiger partial charge in [0.25, 0.3) is 5.91 Å². The highest BCUT2D eigenvalue weighted by Gasteiger charge is 2.53. The molecule has 23 atom stereocenters. The SMILES string of the molecule is C=O.CN[C@H](CC(C)C)C(=O)NC1C(=O)N[C@@H](CC(N)=O)C(=O)N[C@H]2C(=O)N[C@@H]3C(=O)N[C@H](C(=O)N[C@@H](O)c4cc(O)cc(O)c4-c4cc3ccc4O)[C@H](O[C@H]3C[C@](C)(N)[C@@H](O)[C@H](C)O3)c3ccc(c(Cl)c3)Oc3cc2cc(c3O[C@@H]2O[C@H](CO)[C@@H](O[C@@H]3O[C@H](CNCc4cccc(NC(=O)c5ccc(C)c(OCc6ccccc6)c5)c4)[C@H](O)[C@H](O)[C@H]3O)[C@H](O)[C@H]2O)Oc2ccc(cc2Cl)[C@H]1O. The number of anilines is 1. The van der Waals surface area contributed by atoms with Crippen LogP contribution in [0.1, 0.15) is 132 Å². The second-order valence-corrected chi connectivity index (χ2v) is 35.3. The number of aryl methyl sites for hydroxylation is 1. The maximum Gasteiger partial charge on any atom is 0.255 e. The molecule has 8 aromatic carbocycles. The predicted molar refractivity (Wildman–Crippen MR) is 485 cm³/mol. The first-order chi connectivity index (χ1) is 65.2. The number of aliphatic hydroxyl groups excluding tert-OH is 9. The number of likely N-dealkylation sites (N-methyl/N-ethyl adjacent to an activating group) is 1. The van der Waals surface area contributed by atoms with Gasteiger partial charge in [0.05, 0.1) is 41.3 Å². The molecule has 0 radical (unpaired) electrons. The Hall–Kier alpha value is -12.3. The molecular weight excluding hydrogens is 1830 g/mol. The summed E-state index contributed by atoms with van der Waals surface area (Å²) in [6.07, 6.45) is -31.5. The van der Waals surface area contributed by atoms with Gasteiger partial charge in [-0.15, -0.1) is 0 Å². The van der Waals surface area contributed by atoms with E-state index in [1.54, 1.807) is 42.5 Å². The summed E-state index contributed by atoms with van der Waals surface area (Å²) in [6, 6.07) is 23.3. The van der Waals surface area contributed by atoms with Crippen LogP contribution in [-0.2, 0) is 75.2 Å². The number of rotatable bonds is 23. The maximum atomic E-state index is 16.5. The van der Waals surface area contributed by atoms with Crippen LogP contribution in [0.3, 0.4) is 0 Å². The minimum Gasteiger partial charge on any atom is -0.508 e. The lowest BCUT2D eigenvalue weighted by Crippen LogP contribution is -2.65. The molecule has 43 heteroatoms. The maximum absolute atomic E-state index is 16.5. The largest absolute Gasteiger partial charge is 0.508 e. The standard InChI is InChI=1S/C93H105Cl2N11O29.CH2O/c1-39(2)23-55(98-6)85(121)104-71-73(112)45-18-21-59(53(94)26-45)129-62-29-48-30-63(80(62)134-92-78(117)76(115)81(65(37-107)132-92)135-91-77(116)75(114)74(113)64(131-91)36-99-35-43-13-10-14-49(24-43)100-83(119)47-16-15-40(3)61(28-47)127-38-42-11-8-7-9-12-42)130-60-22-19-46(27-54(60)95)79(133-67-34-93(5,97)82(118)41(4)128-67)72-90(126)106-84(120)52-31-50(108)32-58(110)68(52)51-25-44(17-20-57(51)109)69(87(123)105-72)103-88(124)70(48)102-86(122)56(33-66(96)111)101-89(71)125;1-2/h7-22,24-32,39,41,55-56,64-65,67,69-79,81-82,84,91-92,98-99,107-110,112-118,120H,23,33-38,97H2,1-6H3,(H2,96,111)(H,100,119)(H,101,125)(H,102,122)(H,103,124)(H,104,121)(H,105,123)(H,106,126);1H2/t41-,55+,56-,64+,65+,67-,69-,70+,71?,72-,73+,74-,75-,76+,77+,78+,79+,81+,82-,84-,91-,92-,93-;/m0./s1. The molecule has 0 aliphatic carbocycles. The second-order valence-electron chi connectivity index (χ2n) is 34.5. The minimum atomic E-state index is -2.41. The molecule has 8 heterocycles. The highest BCUT2D eigenvalue weighted by Crippen LogP contribution is 2.51. The fourth-order valence-corrected chi connectivity index (χ4v) is 17.2. The fraction of sp³-hybridized carbons (Fsp3) is 0.394. The quantitative estimate of drug-likeness (QED) is 0.0437. The van der Waals surface area contributed by atoms with Crippen LogP contribution in [0.2, 0.25) is 10.0 Å². The van der Waals surface area contributed by atoms with Crippen LogP contribution < -0.4 is 78.3 Å². The molecule has 41 nitrogen and oxygen atoms in total. The van der Waals surface area contributed by atoms with Gasteiger partial charge in [0.2, 0.25) is 53.4 Å². The number of carbonyl (C=O) groups excluding carboxylic acids is 9. The average molecular weight is 1940 g/mol. The van der Waals surface area contributed by atoms with Crippen LogP contribution >= 0.6 is 23.2 Å². The highest BCUT2D eigenvalue weighted by atomic mass is 35.5. The van der Waals surface area contributed by atoms with Crippen LogP contribution in [0.15, 0.2) is 152 Å². The van der Waals surface area contributed by atoms with E-state index in [9.17, 15) is 75.7 Å². The van der Waals surface area contributed by atoms with Gasteiger partial charge in [-0.05, 0) is 158 Å². The fourth-order valence-electron chi connectivity index (χ4n) is 16.7. The molecule has 137 heavy (non-hydrogen) atoms. The Labute approximate surface area is 793 Å². The number of nitrogens with one attached hydrogen (secondary N) is 9. The third-order valence-corrected chi connectivity index (χ3v) is 24.6. The first-order valence-electron chi connectivity index (χ1n) is 43.5. The van der Waals surface area contributed by atoms with Crippen molar-refractivity contribution in [3.05, 3.63) is 212 Å². The first kappa shape index (κ1) is 102. The molecule has 3 fully saturated rings. The molecule has 8 aliphatic heterocycles. The first-order valence-corrected chi connectivity index (χ1v) is 44.2. The molecule has 11 bridgehead atoms. The van der Waals surface area contributed by atoms with Crippen LogP contribution in [0.25, 0.3) is 11.1 Å². The Kier molecular flexibility index (Phi) is 32.8. The molecule has 8 amide bonds. The van der Waals surface area contributed by atoms with Gasteiger partial charge in [-0.3, -0.25) is 38.4 Å². The van der Waals surface area contributed by atoms with E-state index in [4.69, 9.17) is 82.1 Å². The van der Waals surface area contributed by atoms with Crippen LogP contribution in [-0.4, -0.2) is 245 Å². The summed E-state index contributed by atoms with van der Waals surface area (Å²) in [5, 5.41) is 164. The van der Waals surface area contributed by atoms with Crippen molar-refractivity contribution in [1.29, 1.82) is 0 Å². The zero-order chi connectivity index (χ0) is 99.0. The molecule has 0 spiro atoms. The lowest BCUT2D eigenvalue weighted by molar-refractivity contribution is -0.350. The summed E-state index contributed by atoms with van der Waals surface area (Å²) < 4.78 is 57.5. The van der Waals surface area contributed by atoms with Crippen molar-refractivity contribution < 1.29 is 147 Å². The minimum absolute atomic E-state index is 0.0695. The van der Waals surface area contributed by atoms with Crippen molar-refractivity contribution in [3.8, 4) is 62.9 Å². The van der Waals surface area contributed by atoms with Crippen molar-refractivity contribution in [2.45, 2.75) is 207 Å². The molecule has 1 unspecified atom stereocenters. The summed E-state index contributed by atoms with van der Waals surface area (Å²) in [7, 11) is 1.47. The summed E-state index contributed by atoms with van der Waals surface area (Å²) >= 11 is 14.5. The van der Waals surface area contributed by atoms with Gasteiger partial charge in [0.1, 0.15) is 139 Å². The van der Waals surface area contributed by atoms with E-state index in [0.717, 1.165) is 65.7 Å². The van der Waals surface area contributed by atoms with Gasteiger partial charge in [0, 0.05) is 59.1 Å². The number of hydrogen-bond acceptors (Lipinski definition) is 33. The van der Waals surface area contributed by atoms with E-state index < -0.39 is 279 Å². The Morgan fingerprint density at radius 3 is 1.94 bits per heavy atom. The zero-order valence-electron chi connectivity index (χ0n) is 74.5. The number of hydrogen-bond donors (Lipinski definition) is 23. The lowest BCUT2D eigenvalue weighted by Gasteiger charge is -2.46. The molecule has 3 saturated heterocycles. The lowest BCUT2D eigenvalue weighted by atomic mass is 9.86. The topological polar surface area (TPSA) is 640 Å². The summed E-state index contributed by atoms with van der Waals surface area (Å²) in [5.74, 6) is -14.2. The van der Waals surface area contributed by atoms with Gasteiger partial charge >= 0.3 is 0 Å². The average Bonchev–Trinajstić information content (AvgIpc) is 0.766. The molecule has 16 rings (SSSR count). The molecule has 8 aromatic rings. The number of nitrogens with two attached hydrogens (primary N) is 2. The number of ether oxygens (including phenoxy) is 9. The van der Waals surface area contributed by atoms with Crippen molar-refractivity contribution >= 4 is 82.9 Å². The second kappa shape index (κ2) is 44.0. The van der Waals surface area contributed by atoms with E-state index in [0.29, 0.717) is 22.6 Å². The van der Waals surface area contributed by atoms with Crippen molar-refractivity contribution in [2.24, 2.45) is 17.4 Å². The third-order valence-electron chi connectivity index (χ3n) is 24.0. The van der Waals surface area contributed by atoms with Gasteiger partial charge in [0.15, 0.2) is 30.3 Å². The monoisotopic (exact) mass is 1940 g/mol. The van der Waals surface area contributed by atoms with E-state index in [1.807, 2.05) is 57.9 Å². The van der Waals surface area contributed by atoms with Crippen LogP contribution in [0, 0.1) is 12.8 Å². The van der Waals surface area contributed by atoms with E-state index in [-0.39, 0.29) is 55.1 Å². The van der Waals surface area contributed by atoms with E-state index in [1.165, 1.54) is 45.2 Å². The molecular formula is C94H107Cl2N11O30. The third kappa shape index (κ3) is 23.4. The Morgan fingerprint density at radius 2 is 1.28 bits per heavy atom. The Bertz CT molecular complexity index is 5770. The molecule has 732 valence electrons. The van der Waals surface area contributed by atoms with Gasteiger partial charge in [-0.25, -0.2) is 0 Å². The Morgan fingerprint density at radius 1 is 0.635 bits per heavy atom. The number of primary amides is 1. The predicted octanol–water partition coefficient (Wildman–Crippen LogP) is 2.55. The van der Waals surface area contributed by atoms with Gasteiger partial charge in [-0.1, -0.05) is 104 Å². The van der Waals surface area contributed by atoms with E-state index >= 15 is 24.0 Å².